The molecule has 0 bridgehead atoms. The molecule has 0 aromatic carbocycles. The molecule has 1 saturated heterocycles. The lowest BCUT2D eigenvalue weighted by atomic mass is 10.1. The molecule has 1 atom stereocenters. The molecule has 1 radical (unpaired) electrons. The Kier molecular flexibility index (Phi) is 3.85. The van der Waals surface area contributed by atoms with Gasteiger partial charge in [0.15, 0.2) is 12.4 Å². The first-order valence-electron chi connectivity index (χ1n) is 4.23. The van der Waals surface area contributed by atoms with E-state index in [1.807, 2.05) is 0 Å². The molecular formula is C8H13N2O3. The van der Waals surface area contributed by atoms with Crippen molar-refractivity contribution in [3.8, 4) is 0 Å². The number of Topliss-reactive ketones (excluding diaryl/α,β-unsaturated/α-hetero) is 1. The summed E-state index contributed by atoms with van der Waals surface area (Å²) in [7, 11) is 0. The second-order valence-corrected chi connectivity index (χ2v) is 2.87. The van der Waals surface area contributed by atoms with Crippen LogP contribution >= 0.6 is 0 Å². The minimum Gasteiger partial charge on any atom is -0.458 e. The van der Waals surface area contributed by atoms with Gasteiger partial charge in [0.2, 0.25) is 0 Å². The molecule has 1 heterocycles. The third-order valence-corrected chi connectivity index (χ3v) is 1.77. The lowest BCUT2D eigenvalue weighted by Crippen LogP contribution is -2.49. The van der Waals surface area contributed by atoms with E-state index in [-0.39, 0.29) is 18.4 Å². The molecule has 5 nitrogen and oxygen atoms in total. The Hall–Kier alpha value is -0.940. The van der Waals surface area contributed by atoms with Gasteiger partial charge in [-0.15, -0.1) is 0 Å². The molecule has 1 aliphatic heterocycles. The van der Waals surface area contributed by atoms with Crippen molar-refractivity contribution in [1.29, 1.82) is 0 Å². The Morgan fingerprint density at radius 2 is 2.38 bits per heavy atom. The van der Waals surface area contributed by atoms with Gasteiger partial charge in [0.25, 0.3) is 0 Å². The quantitative estimate of drug-likeness (QED) is 0.554. The molecule has 5 heteroatoms. The predicted molar refractivity (Wildman–Crippen MR) is 45.3 cm³/mol. The summed E-state index contributed by atoms with van der Waals surface area (Å²) in [6.07, 6.45) is 0. The molecule has 0 amide bonds. The number of rotatable bonds is 3. The molecule has 73 valence electrons. The van der Waals surface area contributed by atoms with Crippen LogP contribution in [0.25, 0.3) is 0 Å². The van der Waals surface area contributed by atoms with Crippen molar-refractivity contribution >= 4 is 11.8 Å². The smallest absolute Gasteiger partial charge is 0.303 e. The minimum atomic E-state index is -0.433. The maximum absolute atomic E-state index is 11.3. The maximum atomic E-state index is 11.3. The first-order chi connectivity index (χ1) is 6.20. The summed E-state index contributed by atoms with van der Waals surface area (Å²) in [5.41, 5.74) is 0. The third kappa shape index (κ3) is 3.52. The van der Waals surface area contributed by atoms with Crippen LogP contribution in [0.4, 0.5) is 0 Å². The Labute approximate surface area is 76.8 Å². The van der Waals surface area contributed by atoms with Crippen molar-refractivity contribution in [2.45, 2.75) is 13.0 Å². The average Bonchev–Trinajstić information content (AvgIpc) is 2.15. The molecule has 0 aromatic heterocycles. The lowest BCUT2D eigenvalue weighted by Gasteiger charge is -2.21. The normalized spacial score (nSPS) is 22.4. The van der Waals surface area contributed by atoms with Crippen LogP contribution in [-0.2, 0) is 14.3 Å². The van der Waals surface area contributed by atoms with E-state index in [4.69, 9.17) is 0 Å². The second kappa shape index (κ2) is 4.94. The first kappa shape index (κ1) is 10.1. The summed E-state index contributed by atoms with van der Waals surface area (Å²) < 4.78 is 4.58. The van der Waals surface area contributed by atoms with Crippen LogP contribution in [-0.4, -0.2) is 44.0 Å². The van der Waals surface area contributed by atoms with Crippen LogP contribution in [0.1, 0.15) is 6.92 Å². The molecule has 0 aromatic rings. The Morgan fingerprint density at radius 3 is 2.92 bits per heavy atom. The number of carbonyl (C=O) groups excluding carboxylic acids is 2. The number of ketones is 1. The van der Waals surface area contributed by atoms with Crippen molar-refractivity contribution in [2.75, 3.05) is 26.2 Å². The minimum absolute atomic E-state index is 0.137. The molecule has 1 unspecified atom stereocenters. The van der Waals surface area contributed by atoms with Crippen LogP contribution in [0.15, 0.2) is 0 Å². The van der Waals surface area contributed by atoms with Gasteiger partial charge >= 0.3 is 5.97 Å². The monoisotopic (exact) mass is 185 g/mol. The van der Waals surface area contributed by atoms with E-state index in [9.17, 15) is 9.59 Å². The van der Waals surface area contributed by atoms with Crippen molar-refractivity contribution in [2.24, 2.45) is 0 Å². The van der Waals surface area contributed by atoms with E-state index < -0.39 is 5.97 Å². The van der Waals surface area contributed by atoms with Gasteiger partial charge in [-0.3, -0.25) is 9.59 Å². The summed E-state index contributed by atoms with van der Waals surface area (Å²) >= 11 is 0. The molecule has 0 saturated carbocycles. The molecule has 0 aliphatic carbocycles. The van der Waals surface area contributed by atoms with Crippen LogP contribution in [0.5, 0.6) is 0 Å². The average molecular weight is 185 g/mol. The van der Waals surface area contributed by atoms with Gasteiger partial charge in [0, 0.05) is 26.6 Å². The molecule has 1 rings (SSSR count). The van der Waals surface area contributed by atoms with Crippen molar-refractivity contribution in [1.82, 2.24) is 10.6 Å². The van der Waals surface area contributed by atoms with Gasteiger partial charge in [-0.05, 0) is 0 Å². The standard InChI is InChI=1S/C8H13N2O3/c1-6(11)13-5-8(12)7-4-9-2-3-10-7/h7,9H,2-5H2,1H3. The predicted octanol–water partition coefficient (Wildman–Crippen LogP) is -1.31. The van der Waals surface area contributed by atoms with Crippen molar-refractivity contribution < 1.29 is 14.3 Å². The van der Waals surface area contributed by atoms with Crippen LogP contribution in [0.3, 0.4) is 0 Å². The molecule has 1 N–H and O–H groups in total. The number of nitrogens with one attached hydrogen (secondary N) is 1. The summed E-state index contributed by atoms with van der Waals surface area (Å²) in [5.74, 6) is -0.570. The van der Waals surface area contributed by atoms with E-state index in [1.165, 1.54) is 6.92 Å². The first-order valence-corrected chi connectivity index (χ1v) is 4.23. The zero-order chi connectivity index (χ0) is 9.68. The summed E-state index contributed by atoms with van der Waals surface area (Å²) in [5, 5.41) is 7.15. The number of ether oxygens (including phenoxy) is 1. The third-order valence-electron chi connectivity index (χ3n) is 1.77. The van der Waals surface area contributed by atoms with Crippen molar-refractivity contribution in [3.05, 3.63) is 0 Å². The molecule has 1 aliphatic rings. The van der Waals surface area contributed by atoms with Gasteiger partial charge in [0.1, 0.15) is 0 Å². The van der Waals surface area contributed by atoms with Crippen molar-refractivity contribution in [3.63, 3.8) is 0 Å². The van der Waals surface area contributed by atoms with E-state index in [0.717, 1.165) is 6.54 Å². The van der Waals surface area contributed by atoms with E-state index >= 15 is 0 Å². The van der Waals surface area contributed by atoms with E-state index in [2.05, 4.69) is 15.4 Å². The number of carbonyl (C=O) groups is 2. The molecular weight excluding hydrogens is 172 g/mol. The van der Waals surface area contributed by atoms with E-state index in [0.29, 0.717) is 13.1 Å². The van der Waals surface area contributed by atoms with Crippen LogP contribution in [0, 0.1) is 0 Å². The fourth-order valence-electron chi connectivity index (χ4n) is 1.09. The summed E-state index contributed by atoms with van der Waals surface area (Å²) in [6, 6.07) is -0.340. The second-order valence-electron chi connectivity index (χ2n) is 2.87. The lowest BCUT2D eigenvalue weighted by molar-refractivity contribution is -0.146. The summed E-state index contributed by atoms with van der Waals surface area (Å²) in [4.78, 5) is 21.7. The van der Waals surface area contributed by atoms with E-state index in [1.54, 1.807) is 0 Å². The fraction of sp³-hybridized carbons (Fsp3) is 0.750. The zero-order valence-electron chi connectivity index (χ0n) is 7.58. The number of esters is 1. The number of hydrogen-bond donors (Lipinski definition) is 1. The highest BCUT2D eigenvalue weighted by Gasteiger charge is 2.21. The molecule has 1 fully saturated rings. The van der Waals surface area contributed by atoms with Gasteiger partial charge in [-0.2, -0.15) is 0 Å². The highest BCUT2D eigenvalue weighted by Crippen LogP contribution is 1.93. The van der Waals surface area contributed by atoms with Gasteiger partial charge in [-0.1, -0.05) is 0 Å². The Balaban J connectivity index is 2.25. The van der Waals surface area contributed by atoms with Gasteiger partial charge in [0.05, 0.1) is 6.04 Å². The highest BCUT2D eigenvalue weighted by atomic mass is 16.5. The van der Waals surface area contributed by atoms with Crippen LogP contribution in [0.2, 0.25) is 0 Å². The SMILES string of the molecule is CC(=O)OCC(=O)C1CNCC[N]1. The van der Waals surface area contributed by atoms with Crippen LogP contribution < -0.4 is 10.6 Å². The number of piperazine rings is 1. The molecule has 13 heavy (non-hydrogen) atoms. The van der Waals surface area contributed by atoms with Gasteiger partial charge in [-0.25, -0.2) is 5.32 Å². The largest absolute Gasteiger partial charge is 0.458 e. The molecule has 0 spiro atoms. The van der Waals surface area contributed by atoms with Gasteiger partial charge < -0.3 is 10.1 Å². The number of nitrogens with zero attached hydrogens (tertiary/aromatic N) is 1. The number of hydrogen-bond acceptors (Lipinski definition) is 4. The maximum Gasteiger partial charge on any atom is 0.303 e. The topological polar surface area (TPSA) is 69.5 Å². The Bertz CT molecular complexity index is 200. The Morgan fingerprint density at radius 1 is 1.62 bits per heavy atom. The zero-order valence-corrected chi connectivity index (χ0v) is 7.58. The highest BCUT2D eigenvalue weighted by molar-refractivity contribution is 5.87. The fourth-order valence-corrected chi connectivity index (χ4v) is 1.09. The summed E-state index contributed by atoms with van der Waals surface area (Å²) in [6.45, 7) is 3.14.